The van der Waals surface area contributed by atoms with E-state index < -0.39 is 17.6 Å². The highest BCUT2D eigenvalue weighted by molar-refractivity contribution is 5.94. The molecular formula is C29H37F2N3O2. The molecule has 1 amide bonds. The smallest absolute Gasteiger partial charge is 0.251 e. The van der Waals surface area contributed by atoms with E-state index >= 15 is 0 Å². The maximum Gasteiger partial charge on any atom is 0.251 e. The average Bonchev–Trinajstić information content (AvgIpc) is 2.88. The Morgan fingerprint density at radius 2 is 1.83 bits per heavy atom. The lowest BCUT2D eigenvalue weighted by atomic mass is 9.73. The van der Waals surface area contributed by atoms with Crippen LogP contribution in [0.15, 0.2) is 78.8 Å². The summed E-state index contributed by atoms with van der Waals surface area (Å²) in [4.78, 5) is 12.4. The molecule has 0 radical (unpaired) electrons. The first-order valence-corrected chi connectivity index (χ1v) is 12.2. The van der Waals surface area contributed by atoms with Crippen LogP contribution in [0.2, 0.25) is 0 Å². The van der Waals surface area contributed by atoms with Crippen molar-refractivity contribution in [3.8, 4) is 5.75 Å². The van der Waals surface area contributed by atoms with E-state index in [0.29, 0.717) is 11.4 Å². The van der Waals surface area contributed by atoms with Gasteiger partial charge in [0, 0.05) is 18.4 Å². The van der Waals surface area contributed by atoms with Gasteiger partial charge in [-0.2, -0.15) is 0 Å². The summed E-state index contributed by atoms with van der Waals surface area (Å²) in [5.74, 6) is 0.775. The number of carbonyl (C=O) groups excluding carboxylic acids is 1. The largest absolute Gasteiger partial charge is 0.489 e. The summed E-state index contributed by atoms with van der Waals surface area (Å²) in [6.07, 6.45) is 7.58. The van der Waals surface area contributed by atoms with Crippen molar-refractivity contribution >= 4 is 11.6 Å². The lowest BCUT2D eigenvalue weighted by Crippen LogP contribution is -2.27. The molecule has 7 heteroatoms. The van der Waals surface area contributed by atoms with Crippen molar-refractivity contribution in [3.63, 3.8) is 0 Å². The first-order chi connectivity index (χ1) is 17.2. The van der Waals surface area contributed by atoms with Crippen molar-refractivity contribution in [2.75, 3.05) is 6.61 Å². The zero-order valence-electron chi connectivity index (χ0n) is 21.1. The monoisotopic (exact) mass is 497 g/mol. The summed E-state index contributed by atoms with van der Waals surface area (Å²) >= 11 is 0. The van der Waals surface area contributed by atoms with Crippen LogP contribution in [0.25, 0.3) is 5.70 Å². The third-order valence-corrected chi connectivity index (χ3v) is 6.21. The lowest BCUT2D eigenvalue weighted by Gasteiger charge is -2.33. The number of hydrogen-bond donors (Lipinski definition) is 3. The van der Waals surface area contributed by atoms with Crippen LogP contribution in [0.4, 0.5) is 8.78 Å². The molecule has 194 valence electrons. The third-order valence-electron chi connectivity index (χ3n) is 6.21. The van der Waals surface area contributed by atoms with E-state index in [1.54, 1.807) is 24.3 Å². The Balaban J connectivity index is 0.000000482. The van der Waals surface area contributed by atoms with Gasteiger partial charge in [-0.3, -0.25) is 4.79 Å². The summed E-state index contributed by atoms with van der Waals surface area (Å²) < 4.78 is 31.9. The number of allylic oxidation sites excluding steroid dienone is 2. The second-order valence-corrected chi connectivity index (χ2v) is 8.97. The highest BCUT2D eigenvalue weighted by Gasteiger charge is 2.24. The fourth-order valence-electron chi connectivity index (χ4n) is 3.75. The van der Waals surface area contributed by atoms with Crippen molar-refractivity contribution in [3.05, 3.63) is 95.7 Å². The van der Waals surface area contributed by atoms with Crippen LogP contribution in [-0.2, 0) is 11.3 Å². The highest BCUT2D eigenvalue weighted by Crippen LogP contribution is 2.36. The molecule has 1 fully saturated rings. The summed E-state index contributed by atoms with van der Waals surface area (Å²) in [7, 11) is 0. The second kappa shape index (κ2) is 14.7. The standard InChI is InChI=1S/C21H21F2N3O2.C8H16/c1-14(25)16-4-2-15(3-5-16)12-26-21(27)17(10-19(23)11-24)13-28-20-8-6-18(22)7-9-20;1-3-4-8-6-5-7(8)2/h2-11H,1,12-13,24-25H2,(H,26,27);7-8H,3-6H2,1-2H3/b17-10+,19-11+;. The molecule has 0 spiro atoms. The molecule has 0 aliphatic heterocycles. The van der Waals surface area contributed by atoms with Gasteiger partial charge >= 0.3 is 0 Å². The van der Waals surface area contributed by atoms with Gasteiger partial charge in [0.2, 0.25) is 0 Å². The molecule has 0 aromatic heterocycles. The molecule has 0 bridgehead atoms. The van der Waals surface area contributed by atoms with Crippen LogP contribution in [-0.4, -0.2) is 12.5 Å². The maximum absolute atomic E-state index is 13.6. The van der Waals surface area contributed by atoms with E-state index in [-0.39, 0.29) is 18.7 Å². The average molecular weight is 498 g/mol. The molecule has 1 saturated carbocycles. The Labute approximate surface area is 212 Å². The molecule has 5 N–H and O–H groups in total. The van der Waals surface area contributed by atoms with Crippen molar-refractivity contribution < 1.29 is 18.3 Å². The number of nitrogens with two attached hydrogens (primary N) is 2. The number of ether oxygens (including phenoxy) is 1. The first kappa shape index (κ1) is 28.6. The molecule has 5 nitrogen and oxygen atoms in total. The molecule has 2 aromatic carbocycles. The SMILES string of the molecule is C=C(N)c1ccc(CNC(=O)/C(=C/C(F)=C\N)COc2ccc(F)cc2)cc1.CCCC1CCC1C. The number of hydrogen-bond acceptors (Lipinski definition) is 4. The van der Waals surface area contributed by atoms with E-state index in [4.69, 9.17) is 16.2 Å². The fraction of sp³-hybridized carbons (Fsp3) is 0.345. The summed E-state index contributed by atoms with van der Waals surface area (Å²) in [6.45, 7) is 8.32. The van der Waals surface area contributed by atoms with Gasteiger partial charge < -0.3 is 21.5 Å². The van der Waals surface area contributed by atoms with Crippen LogP contribution in [0, 0.1) is 17.7 Å². The zero-order chi connectivity index (χ0) is 26.5. The Hall–Kier alpha value is -3.61. The molecule has 1 aliphatic rings. The van der Waals surface area contributed by atoms with E-state index in [1.165, 1.54) is 49.9 Å². The van der Waals surface area contributed by atoms with Crippen molar-refractivity contribution in [2.24, 2.45) is 23.3 Å². The Morgan fingerprint density at radius 3 is 2.31 bits per heavy atom. The molecule has 0 heterocycles. The van der Waals surface area contributed by atoms with Crippen LogP contribution >= 0.6 is 0 Å². The van der Waals surface area contributed by atoms with Crippen LogP contribution < -0.4 is 21.5 Å². The Kier molecular flexibility index (Phi) is 11.7. The summed E-state index contributed by atoms with van der Waals surface area (Å²) in [5, 5.41) is 2.69. The maximum atomic E-state index is 13.6. The molecule has 0 saturated heterocycles. The van der Waals surface area contributed by atoms with Crippen LogP contribution in [0.1, 0.15) is 50.7 Å². The second-order valence-electron chi connectivity index (χ2n) is 8.97. The Bertz CT molecular complexity index is 1050. The van der Waals surface area contributed by atoms with Gasteiger partial charge in [0.15, 0.2) is 0 Å². The van der Waals surface area contributed by atoms with E-state index in [9.17, 15) is 13.6 Å². The van der Waals surface area contributed by atoms with E-state index in [1.807, 2.05) is 0 Å². The van der Waals surface area contributed by atoms with Gasteiger partial charge in [-0.25, -0.2) is 8.78 Å². The van der Waals surface area contributed by atoms with Gasteiger partial charge in [0.05, 0.1) is 5.57 Å². The van der Waals surface area contributed by atoms with E-state index in [0.717, 1.165) is 35.2 Å². The fourth-order valence-corrected chi connectivity index (χ4v) is 3.75. The summed E-state index contributed by atoms with van der Waals surface area (Å²) in [6, 6.07) is 12.4. The van der Waals surface area contributed by atoms with Crippen molar-refractivity contribution in [2.45, 2.75) is 46.1 Å². The lowest BCUT2D eigenvalue weighted by molar-refractivity contribution is -0.118. The Morgan fingerprint density at radius 1 is 1.17 bits per heavy atom. The molecule has 3 rings (SSSR count). The molecule has 2 aromatic rings. The van der Waals surface area contributed by atoms with Crippen LogP contribution in [0.3, 0.4) is 0 Å². The number of rotatable bonds is 10. The minimum absolute atomic E-state index is 0.0236. The number of halogens is 2. The highest BCUT2D eigenvalue weighted by atomic mass is 19.1. The molecule has 2 atom stereocenters. The van der Waals surface area contributed by atoms with Gasteiger partial charge in [-0.1, -0.05) is 64.0 Å². The van der Waals surface area contributed by atoms with Gasteiger partial charge in [-0.15, -0.1) is 0 Å². The van der Waals surface area contributed by atoms with Crippen molar-refractivity contribution in [1.29, 1.82) is 0 Å². The number of carbonyl (C=O) groups is 1. The summed E-state index contributed by atoms with van der Waals surface area (Å²) in [5.41, 5.74) is 12.8. The molecule has 1 aliphatic carbocycles. The number of amides is 1. The number of benzene rings is 2. The van der Waals surface area contributed by atoms with Crippen molar-refractivity contribution in [1.82, 2.24) is 5.32 Å². The molecular weight excluding hydrogens is 460 g/mol. The van der Waals surface area contributed by atoms with Gasteiger partial charge in [0.1, 0.15) is 24.0 Å². The third kappa shape index (κ3) is 9.56. The quantitative estimate of drug-likeness (QED) is 0.278. The normalized spacial score (nSPS) is 17.3. The minimum atomic E-state index is -0.779. The van der Waals surface area contributed by atoms with Crippen LogP contribution in [0.5, 0.6) is 5.75 Å². The zero-order valence-corrected chi connectivity index (χ0v) is 21.1. The molecule has 2 unspecified atom stereocenters. The van der Waals surface area contributed by atoms with Gasteiger partial charge in [0.25, 0.3) is 5.91 Å². The minimum Gasteiger partial charge on any atom is -0.489 e. The first-order valence-electron chi connectivity index (χ1n) is 12.2. The topological polar surface area (TPSA) is 90.4 Å². The predicted molar refractivity (Wildman–Crippen MR) is 142 cm³/mol. The molecule has 36 heavy (non-hydrogen) atoms. The van der Waals surface area contributed by atoms with E-state index in [2.05, 4.69) is 25.7 Å². The van der Waals surface area contributed by atoms with Gasteiger partial charge in [-0.05, 0) is 59.7 Å². The predicted octanol–water partition coefficient (Wildman–Crippen LogP) is 5.98. The number of nitrogens with one attached hydrogen (secondary N) is 1.